The number of carbonyl (C=O) groups is 1. The Morgan fingerprint density at radius 1 is 1.31 bits per heavy atom. The zero-order valence-electron chi connectivity index (χ0n) is 6.90. The molecule has 0 N–H and O–H groups in total. The lowest BCUT2D eigenvalue weighted by atomic mass is 10.2. The van der Waals surface area contributed by atoms with Gasteiger partial charge in [-0.1, -0.05) is 15.9 Å². The molecule has 1 rings (SSSR count). The van der Waals surface area contributed by atoms with Crippen LogP contribution in [0, 0.1) is 0 Å². The van der Waals surface area contributed by atoms with Gasteiger partial charge in [-0.25, -0.2) is 0 Å². The average Bonchev–Trinajstić information content (AvgIpc) is 2.19. The summed E-state index contributed by atoms with van der Waals surface area (Å²) in [4.78, 5) is 10.3. The second-order valence-corrected chi connectivity index (χ2v) is 2.72. The van der Waals surface area contributed by atoms with E-state index in [1.54, 1.807) is 24.3 Å². The molecule has 0 bridgehead atoms. The van der Waals surface area contributed by atoms with Crippen molar-refractivity contribution in [3.8, 4) is 5.75 Å². The fourth-order valence-corrected chi connectivity index (χ4v) is 0.916. The van der Waals surface area contributed by atoms with Gasteiger partial charge >= 0.3 is 0 Å². The normalized spacial score (nSPS) is 9.62. The van der Waals surface area contributed by atoms with Gasteiger partial charge in [0.2, 0.25) is 0 Å². The van der Waals surface area contributed by atoms with Gasteiger partial charge in [0.05, 0.1) is 0 Å². The van der Waals surface area contributed by atoms with Gasteiger partial charge in [-0.2, -0.15) is 0 Å². The molecule has 13 heavy (non-hydrogen) atoms. The predicted molar refractivity (Wildman–Crippen MR) is 52.2 cm³/mol. The highest BCUT2D eigenvalue weighted by atomic mass is 79.9. The van der Waals surface area contributed by atoms with E-state index >= 15 is 0 Å². The minimum absolute atomic E-state index is 0.200. The number of hydrogen-bond acceptors (Lipinski definition) is 3. The van der Waals surface area contributed by atoms with E-state index in [1.165, 1.54) is 0 Å². The van der Waals surface area contributed by atoms with E-state index in [-0.39, 0.29) is 6.79 Å². The molecule has 0 amide bonds. The third-order valence-electron chi connectivity index (χ3n) is 1.40. The Labute approximate surface area is 84.8 Å². The number of hydrogen-bond donors (Lipinski definition) is 0. The summed E-state index contributed by atoms with van der Waals surface area (Å²) >= 11 is 3.10. The molecule has 0 aromatic heterocycles. The topological polar surface area (TPSA) is 35.5 Å². The van der Waals surface area contributed by atoms with E-state index < -0.39 is 0 Å². The zero-order valence-corrected chi connectivity index (χ0v) is 8.49. The number of halogens is 1. The first kappa shape index (κ1) is 10.2. The summed E-state index contributed by atoms with van der Waals surface area (Å²) in [6.07, 6.45) is 0.790. The molecule has 0 spiro atoms. The number of carbonyl (C=O) groups excluding carboxylic acids is 1. The van der Waals surface area contributed by atoms with Crippen molar-refractivity contribution in [2.45, 2.75) is 0 Å². The second-order valence-electron chi connectivity index (χ2n) is 2.26. The van der Waals surface area contributed by atoms with Gasteiger partial charge in [0.1, 0.15) is 17.6 Å². The molecule has 0 atom stereocenters. The summed E-state index contributed by atoms with van der Waals surface area (Å²) in [5.41, 5.74) is 1.08. The standard InChI is InChI=1S/C9H9BrO3/c10-6-12-7-13-9-3-1-8(5-11)2-4-9/h1-5H,6-7H2. The molecule has 0 heterocycles. The molecule has 0 radical (unpaired) electrons. The van der Waals surface area contributed by atoms with Crippen LogP contribution in [-0.2, 0) is 4.74 Å². The zero-order chi connectivity index (χ0) is 9.52. The Balaban J connectivity index is 2.44. The van der Waals surface area contributed by atoms with Crippen LogP contribution in [0.1, 0.15) is 10.4 Å². The van der Waals surface area contributed by atoms with Crippen molar-refractivity contribution in [2.24, 2.45) is 0 Å². The molecule has 0 aliphatic carbocycles. The van der Waals surface area contributed by atoms with E-state index in [0.29, 0.717) is 16.8 Å². The van der Waals surface area contributed by atoms with Crippen LogP contribution in [0.15, 0.2) is 24.3 Å². The molecule has 0 aliphatic heterocycles. The highest BCUT2D eigenvalue weighted by molar-refractivity contribution is 9.09. The molecular weight excluding hydrogens is 236 g/mol. The van der Waals surface area contributed by atoms with Crippen LogP contribution in [0.5, 0.6) is 5.75 Å². The molecule has 0 unspecified atom stereocenters. The van der Waals surface area contributed by atoms with Gasteiger partial charge in [-0.15, -0.1) is 0 Å². The van der Waals surface area contributed by atoms with Crippen molar-refractivity contribution in [3.05, 3.63) is 29.8 Å². The third-order valence-corrected chi connectivity index (χ3v) is 1.73. The fourth-order valence-electron chi connectivity index (χ4n) is 0.784. The van der Waals surface area contributed by atoms with Crippen molar-refractivity contribution >= 4 is 22.2 Å². The summed E-state index contributed by atoms with van der Waals surface area (Å²) in [6.45, 7) is 0.200. The van der Waals surface area contributed by atoms with Gasteiger partial charge < -0.3 is 9.47 Å². The highest BCUT2D eigenvalue weighted by Crippen LogP contribution is 2.10. The van der Waals surface area contributed by atoms with E-state index in [2.05, 4.69) is 15.9 Å². The summed E-state index contributed by atoms with van der Waals surface area (Å²) in [5.74, 6) is 0.687. The lowest BCUT2D eigenvalue weighted by Crippen LogP contribution is -2.00. The van der Waals surface area contributed by atoms with Gasteiger partial charge in [0, 0.05) is 5.56 Å². The first-order valence-corrected chi connectivity index (χ1v) is 4.80. The van der Waals surface area contributed by atoms with Crippen LogP contribution < -0.4 is 4.74 Å². The Morgan fingerprint density at radius 3 is 2.54 bits per heavy atom. The molecule has 70 valence electrons. The maximum atomic E-state index is 10.3. The average molecular weight is 245 g/mol. The van der Waals surface area contributed by atoms with Crippen molar-refractivity contribution in [3.63, 3.8) is 0 Å². The number of aldehydes is 1. The smallest absolute Gasteiger partial charge is 0.190 e. The van der Waals surface area contributed by atoms with E-state index in [9.17, 15) is 4.79 Å². The van der Waals surface area contributed by atoms with Gasteiger partial charge in [-0.05, 0) is 24.3 Å². The third kappa shape index (κ3) is 3.57. The number of ether oxygens (including phenoxy) is 2. The lowest BCUT2D eigenvalue weighted by molar-refractivity contribution is 0.0441. The van der Waals surface area contributed by atoms with Crippen LogP contribution in [0.2, 0.25) is 0 Å². The summed E-state index contributed by atoms with van der Waals surface area (Å²) in [6, 6.07) is 6.83. The maximum Gasteiger partial charge on any atom is 0.190 e. The number of benzene rings is 1. The van der Waals surface area contributed by atoms with Crippen molar-refractivity contribution in [2.75, 3.05) is 12.3 Å². The van der Waals surface area contributed by atoms with Crippen molar-refractivity contribution in [1.29, 1.82) is 0 Å². The fraction of sp³-hybridized carbons (Fsp3) is 0.222. The first-order valence-electron chi connectivity index (χ1n) is 3.68. The molecule has 4 heteroatoms. The largest absolute Gasteiger partial charge is 0.468 e. The SMILES string of the molecule is O=Cc1ccc(OCOCBr)cc1. The maximum absolute atomic E-state index is 10.3. The number of rotatable bonds is 5. The van der Waals surface area contributed by atoms with Crippen LogP contribution in [0.25, 0.3) is 0 Å². The Hall–Kier alpha value is -0.870. The molecule has 0 fully saturated rings. The second kappa shape index (κ2) is 5.72. The van der Waals surface area contributed by atoms with Gasteiger partial charge in [0.15, 0.2) is 6.79 Å². The molecule has 1 aromatic carbocycles. The Kier molecular flexibility index (Phi) is 4.49. The minimum Gasteiger partial charge on any atom is -0.468 e. The monoisotopic (exact) mass is 244 g/mol. The lowest BCUT2D eigenvalue weighted by Gasteiger charge is -2.04. The summed E-state index contributed by atoms with van der Waals surface area (Å²) in [5, 5.41) is 0. The summed E-state index contributed by atoms with van der Waals surface area (Å²) in [7, 11) is 0. The molecule has 0 aliphatic rings. The summed E-state index contributed by atoms with van der Waals surface area (Å²) < 4.78 is 10.1. The van der Waals surface area contributed by atoms with Crippen LogP contribution in [-0.4, -0.2) is 18.6 Å². The van der Waals surface area contributed by atoms with Gasteiger partial charge in [-0.3, -0.25) is 4.79 Å². The van der Waals surface area contributed by atoms with Crippen molar-refractivity contribution < 1.29 is 14.3 Å². The number of alkyl halides is 1. The first-order chi connectivity index (χ1) is 6.36. The molecular formula is C9H9BrO3. The Bertz CT molecular complexity index is 258. The molecule has 3 nitrogen and oxygen atoms in total. The Morgan fingerprint density at radius 2 is 2.00 bits per heavy atom. The molecule has 1 aromatic rings. The van der Waals surface area contributed by atoms with Crippen molar-refractivity contribution in [1.82, 2.24) is 0 Å². The van der Waals surface area contributed by atoms with Crippen LogP contribution >= 0.6 is 15.9 Å². The molecule has 0 saturated carbocycles. The van der Waals surface area contributed by atoms with Crippen LogP contribution in [0.4, 0.5) is 0 Å². The van der Waals surface area contributed by atoms with Crippen LogP contribution in [0.3, 0.4) is 0 Å². The highest BCUT2D eigenvalue weighted by Gasteiger charge is 1.93. The van der Waals surface area contributed by atoms with E-state index in [0.717, 1.165) is 6.29 Å². The van der Waals surface area contributed by atoms with E-state index in [1.807, 2.05) is 0 Å². The minimum atomic E-state index is 0.200. The molecule has 0 saturated heterocycles. The van der Waals surface area contributed by atoms with E-state index in [4.69, 9.17) is 9.47 Å². The quantitative estimate of drug-likeness (QED) is 0.345. The predicted octanol–water partition coefficient (Wildman–Crippen LogP) is 2.20. The van der Waals surface area contributed by atoms with Gasteiger partial charge in [0.25, 0.3) is 0 Å².